The zero-order valence-electron chi connectivity index (χ0n) is 11.5. The van der Waals surface area contributed by atoms with E-state index in [1.54, 1.807) is 0 Å². The number of carbonyl (C=O) groups is 1. The van der Waals surface area contributed by atoms with Crippen LogP contribution in [-0.4, -0.2) is 41.3 Å². The summed E-state index contributed by atoms with van der Waals surface area (Å²) in [6.07, 6.45) is 0.498. The van der Waals surface area contributed by atoms with Gasteiger partial charge in [-0.05, 0) is 25.8 Å². The van der Waals surface area contributed by atoms with E-state index in [1.165, 1.54) is 6.92 Å². The zero-order valence-corrected chi connectivity index (χ0v) is 12.3. The third-order valence-electron chi connectivity index (χ3n) is 3.58. The molecule has 0 amide bonds. The van der Waals surface area contributed by atoms with Gasteiger partial charge in [-0.15, -0.1) is 0 Å². The Balaban J connectivity index is 2.55. The number of sulfonamides is 1. The molecule has 10 heteroatoms. The summed E-state index contributed by atoms with van der Waals surface area (Å²) in [5.74, 6) is -2.33. The molecule has 0 spiro atoms. The fraction of sp³-hybridized carbons (Fsp3) is 0.417. The molecule has 0 saturated carbocycles. The SMILES string of the molecule is Cc1c(F)cc(S(=O)(=O)N2CCC[C@@H]2C(=O)O)cc1[N+](=O)[O-]. The van der Waals surface area contributed by atoms with Crippen molar-refractivity contribution in [3.8, 4) is 0 Å². The molecule has 1 aliphatic heterocycles. The maximum absolute atomic E-state index is 13.8. The number of nitro groups is 1. The van der Waals surface area contributed by atoms with E-state index in [4.69, 9.17) is 5.11 Å². The molecule has 0 bridgehead atoms. The zero-order chi connectivity index (χ0) is 16.7. The number of nitrogens with zero attached hydrogens (tertiary/aromatic N) is 2. The van der Waals surface area contributed by atoms with E-state index in [9.17, 15) is 27.7 Å². The van der Waals surface area contributed by atoms with Gasteiger partial charge in [-0.1, -0.05) is 0 Å². The summed E-state index contributed by atoms with van der Waals surface area (Å²) < 4.78 is 39.4. The Hall–Kier alpha value is -2.07. The predicted molar refractivity (Wildman–Crippen MR) is 72.3 cm³/mol. The van der Waals surface area contributed by atoms with Crippen LogP contribution in [0.2, 0.25) is 0 Å². The van der Waals surface area contributed by atoms with Crippen LogP contribution in [0.5, 0.6) is 0 Å². The molecular weight excluding hydrogens is 319 g/mol. The van der Waals surface area contributed by atoms with Crippen LogP contribution in [0.25, 0.3) is 0 Å². The number of carboxylic acids is 1. The predicted octanol–water partition coefficient (Wildman–Crippen LogP) is 1.28. The molecule has 0 unspecified atom stereocenters. The van der Waals surface area contributed by atoms with E-state index < -0.39 is 43.4 Å². The molecule has 1 aromatic rings. The second-order valence-electron chi connectivity index (χ2n) is 4.92. The number of rotatable bonds is 4. The van der Waals surface area contributed by atoms with Crippen molar-refractivity contribution in [2.75, 3.05) is 6.54 Å². The van der Waals surface area contributed by atoms with Crippen molar-refractivity contribution in [1.82, 2.24) is 4.31 Å². The summed E-state index contributed by atoms with van der Waals surface area (Å²) in [6.45, 7) is 1.14. The van der Waals surface area contributed by atoms with Crippen molar-refractivity contribution in [2.24, 2.45) is 0 Å². The van der Waals surface area contributed by atoms with Crippen LogP contribution < -0.4 is 0 Å². The monoisotopic (exact) mass is 332 g/mol. The first-order valence-corrected chi connectivity index (χ1v) is 7.79. The van der Waals surface area contributed by atoms with E-state index >= 15 is 0 Å². The van der Waals surface area contributed by atoms with Crippen molar-refractivity contribution in [2.45, 2.75) is 30.7 Å². The molecule has 1 N–H and O–H groups in total. The molecule has 22 heavy (non-hydrogen) atoms. The number of hydrogen-bond acceptors (Lipinski definition) is 5. The second kappa shape index (κ2) is 5.61. The molecule has 1 heterocycles. The Morgan fingerprint density at radius 2 is 2.14 bits per heavy atom. The number of hydrogen-bond donors (Lipinski definition) is 1. The van der Waals surface area contributed by atoms with Crippen LogP contribution in [0.1, 0.15) is 18.4 Å². The fourth-order valence-electron chi connectivity index (χ4n) is 2.39. The highest BCUT2D eigenvalue weighted by Crippen LogP contribution is 2.30. The Kier molecular flexibility index (Phi) is 4.16. The number of halogens is 1. The van der Waals surface area contributed by atoms with Crippen LogP contribution in [0.3, 0.4) is 0 Å². The lowest BCUT2D eigenvalue weighted by Gasteiger charge is -2.21. The molecular formula is C12H13FN2O6S. The molecule has 120 valence electrons. The molecule has 1 aromatic carbocycles. The van der Waals surface area contributed by atoms with Gasteiger partial charge in [0.05, 0.1) is 15.4 Å². The molecule has 0 aliphatic carbocycles. The molecule has 8 nitrogen and oxygen atoms in total. The lowest BCUT2D eigenvalue weighted by molar-refractivity contribution is -0.385. The lowest BCUT2D eigenvalue weighted by Crippen LogP contribution is -2.40. The minimum atomic E-state index is -4.32. The van der Waals surface area contributed by atoms with Gasteiger partial charge < -0.3 is 5.11 Å². The van der Waals surface area contributed by atoms with Crippen LogP contribution in [-0.2, 0) is 14.8 Å². The van der Waals surface area contributed by atoms with E-state index in [0.29, 0.717) is 12.5 Å². The lowest BCUT2D eigenvalue weighted by atomic mass is 10.2. The minimum Gasteiger partial charge on any atom is -0.480 e. The highest BCUT2D eigenvalue weighted by atomic mass is 32.2. The maximum atomic E-state index is 13.8. The average Bonchev–Trinajstić information content (AvgIpc) is 2.91. The van der Waals surface area contributed by atoms with Crippen molar-refractivity contribution < 1.29 is 27.6 Å². The average molecular weight is 332 g/mol. The molecule has 0 radical (unpaired) electrons. The molecule has 2 rings (SSSR count). The standard InChI is InChI=1S/C12H13FN2O6S/c1-7-9(13)5-8(6-11(7)15(18)19)22(20,21)14-4-2-3-10(14)12(16)17/h5-6,10H,2-4H2,1H3,(H,16,17)/t10-/m1/s1. The van der Waals surface area contributed by atoms with Crippen molar-refractivity contribution >= 4 is 21.7 Å². The summed E-state index contributed by atoms with van der Waals surface area (Å²) in [5.41, 5.74) is -0.940. The summed E-state index contributed by atoms with van der Waals surface area (Å²) in [5, 5.41) is 19.9. The highest BCUT2D eigenvalue weighted by Gasteiger charge is 2.40. The van der Waals surface area contributed by atoms with Gasteiger partial charge in [0.1, 0.15) is 11.9 Å². The largest absolute Gasteiger partial charge is 0.480 e. The molecule has 0 aromatic heterocycles. The van der Waals surface area contributed by atoms with Crippen LogP contribution >= 0.6 is 0 Å². The van der Waals surface area contributed by atoms with Gasteiger partial charge in [-0.25, -0.2) is 12.8 Å². The molecule has 1 aliphatic rings. The Morgan fingerprint density at radius 1 is 1.50 bits per heavy atom. The van der Waals surface area contributed by atoms with Crippen molar-refractivity contribution in [1.29, 1.82) is 0 Å². The van der Waals surface area contributed by atoms with Gasteiger partial charge in [-0.2, -0.15) is 4.31 Å². The summed E-state index contributed by atoms with van der Waals surface area (Å²) in [7, 11) is -4.32. The topological polar surface area (TPSA) is 118 Å². The third kappa shape index (κ3) is 2.66. The van der Waals surface area contributed by atoms with E-state index in [2.05, 4.69) is 0 Å². The second-order valence-corrected chi connectivity index (χ2v) is 6.81. The Labute approximate surface area is 125 Å². The number of nitro benzene ring substituents is 1. The first-order chi connectivity index (χ1) is 10.2. The van der Waals surface area contributed by atoms with Gasteiger partial charge >= 0.3 is 5.97 Å². The number of benzene rings is 1. The Bertz CT molecular complexity index is 748. The summed E-state index contributed by atoms with van der Waals surface area (Å²) in [6, 6.07) is 0.188. The van der Waals surface area contributed by atoms with E-state index in [1.807, 2.05) is 0 Å². The van der Waals surface area contributed by atoms with Crippen LogP contribution in [0, 0.1) is 22.9 Å². The normalized spacial score (nSPS) is 19.3. The highest BCUT2D eigenvalue weighted by molar-refractivity contribution is 7.89. The summed E-state index contributed by atoms with van der Waals surface area (Å²) in [4.78, 5) is 20.5. The van der Waals surface area contributed by atoms with Gasteiger partial charge in [-0.3, -0.25) is 14.9 Å². The molecule has 1 saturated heterocycles. The van der Waals surface area contributed by atoms with Crippen molar-refractivity contribution in [3.05, 3.63) is 33.6 Å². The fourth-order valence-corrected chi connectivity index (χ4v) is 4.07. The maximum Gasteiger partial charge on any atom is 0.322 e. The molecule has 1 fully saturated rings. The quantitative estimate of drug-likeness (QED) is 0.655. The molecule has 1 atom stereocenters. The summed E-state index contributed by atoms with van der Waals surface area (Å²) >= 11 is 0. The first kappa shape index (κ1) is 16.3. The van der Waals surface area contributed by atoms with E-state index in [0.717, 1.165) is 10.4 Å². The van der Waals surface area contributed by atoms with Crippen LogP contribution in [0.15, 0.2) is 17.0 Å². The van der Waals surface area contributed by atoms with Gasteiger partial charge in [0.25, 0.3) is 5.69 Å². The van der Waals surface area contributed by atoms with Crippen LogP contribution in [0.4, 0.5) is 10.1 Å². The van der Waals surface area contributed by atoms with Gasteiger partial charge in [0, 0.05) is 12.6 Å². The number of aliphatic carboxylic acids is 1. The van der Waals surface area contributed by atoms with E-state index in [-0.39, 0.29) is 18.5 Å². The smallest absolute Gasteiger partial charge is 0.322 e. The Morgan fingerprint density at radius 3 is 2.68 bits per heavy atom. The first-order valence-electron chi connectivity index (χ1n) is 6.35. The van der Waals surface area contributed by atoms with Crippen molar-refractivity contribution in [3.63, 3.8) is 0 Å². The van der Waals surface area contributed by atoms with Gasteiger partial charge in [0.15, 0.2) is 0 Å². The van der Waals surface area contributed by atoms with Gasteiger partial charge in [0.2, 0.25) is 10.0 Å². The third-order valence-corrected chi connectivity index (χ3v) is 5.47. The minimum absolute atomic E-state index is 0.0252. The number of carboxylic acid groups (broad SMARTS) is 1.